The fraction of sp³-hybridized carbons (Fsp3) is 0.176. The largest absolute Gasteiger partial charge is 0.586 e. The first kappa shape index (κ1) is 17.5. The summed E-state index contributed by atoms with van der Waals surface area (Å²) in [6.45, 7) is 1.17. The van der Waals surface area contributed by atoms with Gasteiger partial charge < -0.3 is 25.3 Å². The number of hydrogen-bond acceptors (Lipinski definition) is 6. The van der Waals surface area contributed by atoms with Gasteiger partial charge in [0.15, 0.2) is 18.1 Å². The van der Waals surface area contributed by atoms with E-state index in [1.165, 1.54) is 24.3 Å². The van der Waals surface area contributed by atoms with Crippen LogP contribution in [0.5, 0.6) is 11.5 Å². The van der Waals surface area contributed by atoms with Crippen LogP contribution in [0.3, 0.4) is 0 Å². The van der Waals surface area contributed by atoms with E-state index in [1.807, 2.05) is 0 Å². The molecular weight excluding hydrogens is 350 g/mol. The van der Waals surface area contributed by atoms with E-state index in [0.717, 1.165) is 0 Å². The van der Waals surface area contributed by atoms with Crippen LogP contribution in [0.2, 0.25) is 0 Å². The van der Waals surface area contributed by atoms with E-state index < -0.39 is 24.8 Å². The van der Waals surface area contributed by atoms with Gasteiger partial charge in [0.1, 0.15) is 0 Å². The molecule has 0 aromatic heterocycles. The quantitative estimate of drug-likeness (QED) is 0.639. The first-order valence-electron chi connectivity index (χ1n) is 7.47. The third-order valence-corrected chi connectivity index (χ3v) is 3.56. The molecule has 0 saturated carbocycles. The van der Waals surface area contributed by atoms with Crippen LogP contribution in [0.15, 0.2) is 36.4 Å². The van der Waals surface area contributed by atoms with Gasteiger partial charge in [-0.1, -0.05) is 12.1 Å². The predicted octanol–water partition coefficient (Wildman–Crippen LogP) is 2.69. The standard InChI is InChI=1S/C17H14F2N2O5/c1-9-3-2-4-11(15(9)20)16(23)24-8-14(22)21-10-5-6-12-13(7-10)26-17(18,19)25-12/h2-7H,8,20H2,1H3,(H,21,22). The van der Waals surface area contributed by atoms with Gasteiger partial charge in [0.25, 0.3) is 5.91 Å². The summed E-state index contributed by atoms with van der Waals surface area (Å²) < 4.78 is 39.4. The van der Waals surface area contributed by atoms with Crippen molar-refractivity contribution < 1.29 is 32.6 Å². The third kappa shape index (κ3) is 3.66. The molecule has 136 valence electrons. The van der Waals surface area contributed by atoms with Crippen molar-refractivity contribution in [2.45, 2.75) is 13.2 Å². The van der Waals surface area contributed by atoms with E-state index in [4.69, 9.17) is 10.5 Å². The Labute approximate surface area is 146 Å². The average molecular weight is 364 g/mol. The Hall–Kier alpha value is -3.36. The van der Waals surface area contributed by atoms with Crippen LogP contribution >= 0.6 is 0 Å². The molecule has 2 aromatic rings. The first-order valence-corrected chi connectivity index (χ1v) is 7.47. The molecule has 1 amide bonds. The van der Waals surface area contributed by atoms with E-state index in [1.54, 1.807) is 19.1 Å². The minimum atomic E-state index is -3.74. The molecule has 0 radical (unpaired) electrons. The number of alkyl halides is 2. The Morgan fingerprint density at radius 1 is 1.19 bits per heavy atom. The minimum absolute atomic E-state index is 0.144. The smallest absolute Gasteiger partial charge is 0.452 e. The number of carbonyl (C=O) groups excluding carboxylic acids is 2. The summed E-state index contributed by atoms with van der Waals surface area (Å²) in [5.41, 5.74) is 7.12. The van der Waals surface area contributed by atoms with Crippen LogP contribution < -0.4 is 20.5 Å². The molecule has 3 N–H and O–H groups in total. The Morgan fingerprint density at radius 3 is 2.69 bits per heavy atom. The van der Waals surface area contributed by atoms with Gasteiger partial charge in [0.2, 0.25) is 0 Å². The second-order valence-corrected chi connectivity index (χ2v) is 5.49. The Balaban J connectivity index is 1.58. The van der Waals surface area contributed by atoms with Gasteiger partial charge in [-0.3, -0.25) is 4.79 Å². The van der Waals surface area contributed by atoms with Gasteiger partial charge >= 0.3 is 12.3 Å². The summed E-state index contributed by atoms with van der Waals surface area (Å²) in [6.07, 6.45) is -3.74. The second kappa shape index (κ2) is 6.51. The lowest BCUT2D eigenvalue weighted by Gasteiger charge is -2.09. The molecule has 0 spiro atoms. The third-order valence-electron chi connectivity index (χ3n) is 3.56. The van der Waals surface area contributed by atoms with E-state index in [0.29, 0.717) is 5.56 Å². The summed E-state index contributed by atoms with van der Waals surface area (Å²) in [6, 6.07) is 8.62. The number of carbonyl (C=O) groups is 2. The van der Waals surface area contributed by atoms with Gasteiger partial charge in [-0.15, -0.1) is 8.78 Å². The first-order chi connectivity index (χ1) is 12.2. The number of amides is 1. The molecular formula is C17H14F2N2O5. The second-order valence-electron chi connectivity index (χ2n) is 5.49. The highest BCUT2D eigenvalue weighted by Crippen LogP contribution is 2.42. The molecule has 9 heteroatoms. The van der Waals surface area contributed by atoms with Gasteiger partial charge in [-0.25, -0.2) is 4.79 Å². The molecule has 26 heavy (non-hydrogen) atoms. The lowest BCUT2D eigenvalue weighted by atomic mass is 10.1. The summed E-state index contributed by atoms with van der Waals surface area (Å²) in [7, 11) is 0. The molecule has 1 aliphatic heterocycles. The minimum Gasteiger partial charge on any atom is -0.452 e. The topological polar surface area (TPSA) is 99.9 Å². The maximum atomic E-state index is 13.0. The number of hydrogen-bond donors (Lipinski definition) is 2. The lowest BCUT2D eigenvalue weighted by molar-refractivity contribution is -0.286. The van der Waals surface area contributed by atoms with Crippen LogP contribution in [-0.4, -0.2) is 24.8 Å². The monoisotopic (exact) mass is 364 g/mol. The fourth-order valence-electron chi connectivity index (χ4n) is 2.29. The molecule has 0 fully saturated rings. The van der Waals surface area contributed by atoms with Crippen molar-refractivity contribution >= 4 is 23.3 Å². The van der Waals surface area contributed by atoms with Crippen molar-refractivity contribution in [2.75, 3.05) is 17.7 Å². The maximum absolute atomic E-state index is 13.0. The number of nitrogens with one attached hydrogen (secondary N) is 1. The summed E-state index contributed by atoms with van der Waals surface area (Å²) >= 11 is 0. The van der Waals surface area contributed by atoms with Crippen LogP contribution in [-0.2, 0) is 9.53 Å². The molecule has 0 unspecified atom stereocenters. The summed E-state index contributed by atoms with van der Waals surface area (Å²) in [5.74, 6) is -1.76. The Bertz CT molecular complexity index is 885. The highest BCUT2D eigenvalue weighted by molar-refractivity contribution is 5.98. The number of aryl methyl sites for hydroxylation is 1. The van der Waals surface area contributed by atoms with Crippen molar-refractivity contribution in [3.63, 3.8) is 0 Å². The number of fused-ring (bicyclic) bond motifs is 1. The summed E-state index contributed by atoms with van der Waals surface area (Å²) in [4.78, 5) is 23.9. The van der Waals surface area contributed by atoms with Crippen molar-refractivity contribution in [3.05, 3.63) is 47.5 Å². The van der Waals surface area contributed by atoms with Crippen LogP contribution in [0, 0.1) is 6.92 Å². The van der Waals surface area contributed by atoms with E-state index in [9.17, 15) is 18.4 Å². The highest BCUT2D eigenvalue weighted by Gasteiger charge is 2.43. The number of ether oxygens (including phenoxy) is 3. The Kier molecular flexibility index (Phi) is 4.37. The zero-order chi connectivity index (χ0) is 18.9. The van der Waals surface area contributed by atoms with E-state index >= 15 is 0 Å². The fourth-order valence-corrected chi connectivity index (χ4v) is 2.29. The molecule has 0 aliphatic carbocycles. The molecule has 0 atom stereocenters. The molecule has 1 aliphatic rings. The highest BCUT2D eigenvalue weighted by atomic mass is 19.3. The van der Waals surface area contributed by atoms with Crippen LogP contribution in [0.25, 0.3) is 0 Å². The number of nitrogen functional groups attached to an aromatic ring is 1. The number of nitrogens with two attached hydrogens (primary N) is 1. The van der Waals surface area contributed by atoms with Crippen molar-refractivity contribution in [2.24, 2.45) is 0 Å². The van der Waals surface area contributed by atoms with Gasteiger partial charge in [0, 0.05) is 17.4 Å². The molecule has 7 nitrogen and oxygen atoms in total. The lowest BCUT2D eigenvalue weighted by Crippen LogP contribution is -2.25. The van der Waals surface area contributed by atoms with Crippen molar-refractivity contribution in [1.82, 2.24) is 0 Å². The zero-order valence-corrected chi connectivity index (χ0v) is 13.5. The van der Waals surface area contributed by atoms with Gasteiger partial charge in [0.05, 0.1) is 5.56 Å². The number of halogens is 2. The molecule has 3 rings (SSSR count). The van der Waals surface area contributed by atoms with Crippen molar-refractivity contribution in [1.29, 1.82) is 0 Å². The number of para-hydroxylation sites is 1. The van der Waals surface area contributed by atoms with E-state index in [2.05, 4.69) is 14.8 Å². The number of benzene rings is 2. The maximum Gasteiger partial charge on any atom is 0.586 e. The molecule has 0 saturated heterocycles. The average Bonchev–Trinajstić information content (AvgIpc) is 2.88. The molecule has 1 heterocycles. The predicted molar refractivity (Wildman–Crippen MR) is 87.1 cm³/mol. The normalized spacial score (nSPS) is 14.0. The molecule has 2 aromatic carbocycles. The zero-order valence-electron chi connectivity index (χ0n) is 13.5. The van der Waals surface area contributed by atoms with Gasteiger partial charge in [-0.2, -0.15) is 0 Å². The number of rotatable bonds is 4. The van der Waals surface area contributed by atoms with E-state index in [-0.39, 0.29) is 28.4 Å². The molecule has 0 bridgehead atoms. The van der Waals surface area contributed by atoms with Gasteiger partial charge in [-0.05, 0) is 30.7 Å². The van der Waals surface area contributed by atoms with Crippen LogP contribution in [0.4, 0.5) is 20.2 Å². The summed E-state index contributed by atoms with van der Waals surface area (Å²) in [5, 5.41) is 2.40. The number of esters is 1. The van der Waals surface area contributed by atoms with Crippen molar-refractivity contribution in [3.8, 4) is 11.5 Å². The Morgan fingerprint density at radius 2 is 1.92 bits per heavy atom. The SMILES string of the molecule is Cc1cccc(C(=O)OCC(=O)Nc2ccc3c(c2)OC(F)(F)O3)c1N. The van der Waals surface area contributed by atoms with Crippen LogP contribution in [0.1, 0.15) is 15.9 Å². The number of anilines is 2.